The number of ether oxygens (including phenoxy) is 1. The lowest BCUT2D eigenvalue weighted by Crippen LogP contribution is -2.47. The van der Waals surface area contributed by atoms with Crippen molar-refractivity contribution in [3.05, 3.63) is 56.2 Å². The second-order valence-corrected chi connectivity index (χ2v) is 8.62. The maximum atomic E-state index is 5.63. The highest BCUT2D eigenvalue weighted by atomic mass is 79.9. The molecule has 140 valence electrons. The molecule has 0 amide bonds. The highest BCUT2D eigenvalue weighted by molar-refractivity contribution is 9.10. The molecule has 2 N–H and O–H groups in total. The first-order chi connectivity index (χ1) is 12.6. The normalized spacial score (nSPS) is 17.1. The molecular formula is C20H26BrN3OS. The zero-order valence-electron chi connectivity index (χ0n) is 15.3. The van der Waals surface area contributed by atoms with Crippen molar-refractivity contribution in [2.24, 2.45) is 4.99 Å². The van der Waals surface area contributed by atoms with Crippen molar-refractivity contribution in [1.82, 2.24) is 10.6 Å². The number of thiophene rings is 1. The van der Waals surface area contributed by atoms with Gasteiger partial charge in [0.15, 0.2) is 5.96 Å². The lowest BCUT2D eigenvalue weighted by molar-refractivity contribution is 0.0514. The molecule has 26 heavy (non-hydrogen) atoms. The van der Waals surface area contributed by atoms with Crippen LogP contribution in [0.15, 0.2) is 45.2 Å². The quantitative estimate of drug-likeness (QED) is 0.545. The minimum atomic E-state index is 0.0788. The molecule has 4 nitrogen and oxygen atoms in total. The van der Waals surface area contributed by atoms with Gasteiger partial charge >= 0.3 is 0 Å². The molecule has 0 aliphatic carbocycles. The highest BCUT2D eigenvalue weighted by Crippen LogP contribution is 2.34. The summed E-state index contributed by atoms with van der Waals surface area (Å²) in [5.74, 6) is 0.848. The van der Waals surface area contributed by atoms with Crippen LogP contribution in [0, 0.1) is 6.92 Å². The second-order valence-electron chi connectivity index (χ2n) is 6.71. The molecule has 1 aromatic heterocycles. The van der Waals surface area contributed by atoms with E-state index in [1.54, 1.807) is 11.3 Å². The molecule has 0 atom stereocenters. The fraction of sp³-hybridized carbons (Fsp3) is 0.450. The van der Waals surface area contributed by atoms with Crippen LogP contribution in [-0.2, 0) is 16.7 Å². The fourth-order valence-electron chi connectivity index (χ4n) is 3.36. The van der Waals surface area contributed by atoms with Gasteiger partial charge in [0.2, 0.25) is 0 Å². The molecule has 3 rings (SSSR count). The number of nitrogens with one attached hydrogen (secondary N) is 2. The lowest BCUT2D eigenvalue weighted by atomic mass is 9.74. The van der Waals surface area contributed by atoms with E-state index in [9.17, 15) is 0 Å². The summed E-state index contributed by atoms with van der Waals surface area (Å²) in [4.78, 5) is 5.75. The van der Waals surface area contributed by atoms with E-state index in [0.29, 0.717) is 0 Å². The Hall–Kier alpha value is -1.37. The van der Waals surface area contributed by atoms with E-state index in [1.807, 2.05) is 7.05 Å². The van der Waals surface area contributed by atoms with E-state index in [0.717, 1.165) is 49.6 Å². The first-order valence-corrected chi connectivity index (χ1v) is 10.6. The maximum absolute atomic E-state index is 5.63. The summed E-state index contributed by atoms with van der Waals surface area (Å²) in [6.07, 6.45) is 2.03. The van der Waals surface area contributed by atoms with Crippen LogP contribution in [0.1, 0.15) is 28.8 Å². The van der Waals surface area contributed by atoms with Crippen LogP contribution >= 0.6 is 27.3 Å². The first kappa shape index (κ1) is 19.4. The van der Waals surface area contributed by atoms with Crippen LogP contribution < -0.4 is 10.6 Å². The summed E-state index contributed by atoms with van der Waals surface area (Å²) < 4.78 is 6.74. The number of hydrogen-bond donors (Lipinski definition) is 2. The largest absolute Gasteiger partial charge is 0.381 e. The minimum Gasteiger partial charge on any atom is -0.381 e. The van der Waals surface area contributed by atoms with Crippen molar-refractivity contribution in [3.63, 3.8) is 0 Å². The average Bonchev–Trinajstić information content (AvgIpc) is 3.08. The van der Waals surface area contributed by atoms with Crippen LogP contribution in [0.4, 0.5) is 0 Å². The van der Waals surface area contributed by atoms with Crippen molar-refractivity contribution in [1.29, 1.82) is 0 Å². The number of aryl methyl sites for hydroxylation is 1. The Morgan fingerprint density at radius 1 is 1.19 bits per heavy atom. The van der Waals surface area contributed by atoms with Gasteiger partial charge in [-0.2, -0.15) is 0 Å². The van der Waals surface area contributed by atoms with Crippen LogP contribution in [0.5, 0.6) is 0 Å². The molecule has 0 spiro atoms. The Morgan fingerprint density at radius 2 is 1.92 bits per heavy atom. The van der Waals surface area contributed by atoms with Crippen molar-refractivity contribution in [2.75, 3.05) is 26.8 Å². The topological polar surface area (TPSA) is 45.7 Å². The van der Waals surface area contributed by atoms with Crippen molar-refractivity contribution >= 4 is 33.2 Å². The van der Waals surface area contributed by atoms with E-state index in [-0.39, 0.29) is 5.41 Å². The molecule has 0 saturated carbocycles. The Morgan fingerprint density at radius 3 is 2.54 bits per heavy atom. The first-order valence-electron chi connectivity index (χ1n) is 8.94. The number of hydrogen-bond acceptors (Lipinski definition) is 3. The third kappa shape index (κ3) is 4.67. The molecular weight excluding hydrogens is 410 g/mol. The van der Waals surface area contributed by atoms with Crippen LogP contribution in [0.25, 0.3) is 0 Å². The van der Waals surface area contributed by atoms with Crippen molar-refractivity contribution in [3.8, 4) is 0 Å². The molecule has 1 aliphatic rings. The smallest absolute Gasteiger partial charge is 0.191 e. The highest BCUT2D eigenvalue weighted by Gasteiger charge is 2.34. The van der Waals surface area contributed by atoms with Gasteiger partial charge in [-0.25, -0.2) is 0 Å². The number of nitrogens with zero attached hydrogens (tertiary/aromatic N) is 1. The Bertz CT molecular complexity index is 736. The molecule has 0 unspecified atom stereocenters. The zero-order chi connectivity index (χ0) is 18.4. The van der Waals surface area contributed by atoms with Gasteiger partial charge < -0.3 is 15.4 Å². The summed E-state index contributed by atoms with van der Waals surface area (Å²) in [5.41, 5.74) is 2.77. The molecule has 1 saturated heterocycles. The molecule has 2 heterocycles. The molecule has 6 heteroatoms. The number of benzene rings is 1. The van der Waals surface area contributed by atoms with Crippen molar-refractivity contribution in [2.45, 2.75) is 31.7 Å². The van der Waals surface area contributed by atoms with Gasteiger partial charge in [0.1, 0.15) is 0 Å². The molecule has 0 radical (unpaired) electrons. The summed E-state index contributed by atoms with van der Waals surface area (Å²) in [6.45, 7) is 5.41. The van der Waals surface area contributed by atoms with Crippen LogP contribution in [-0.4, -0.2) is 32.8 Å². The third-order valence-corrected chi connectivity index (χ3v) is 6.66. The van der Waals surface area contributed by atoms with Gasteiger partial charge in [-0.15, -0.1) is 11.3 Å². The predicted molar refractivity (Wildman–Crippen MR) is 113 cm³/mol. The third-order valence-electron chi connectivity index (χ3n) is 5.11. The average molecular weight is 436 g/mol. The predicted octanol–water partition coefficient (Wildman–Crippen LogP) is 4.23. The van der Waals surface area contributed by atoms with Crippen LogP contribution in [0.2, 0.25) is 0 Å². The molecule has 0 bridgehead atoms. The molecule has 1 aromatic carbocycles. The van der Waals surface area contributed by atoms with E-state index >= 15 is 0 Å². The minimum absolute atomic E-state index is 0.0788. The standard InChI is InChI=1S/C20H26BrN3OS/c1-15-7-12-26-18(15)13-23-19(22-2)24-14-20(8-10-25-11-9-20)16-3-5-17(21)6-4-16/h3-7,12H,8-11,13-14H2,1-2H3,(H2,22,23,24). The Labute approximate surface area is 168 Å². The van der Waals surface area contributed by atoms with Crippen LogP contribution in [0.3, 0.4) is 0 Å². The number of guanidine groups is 1. The number of aliphatic imine (C=N–C) groups is 1. The van der Waals surface area contributed by atoms with E-state index in [2.05, 4.69) is 74.2 Å². The van der Waals surface area contributed by atoms with E-state index < -0.39 is 0 Å². The SMILES string of the molecule is CN=C(NCc1sccc1C)NCC1(c2ccc(Br)cc2)CCOCC1. The monoisotopic (exact) mass is 435 g/mol. The molecule has 1 fully saturated rings. The van der Waals surface area contributed by atoms with Gasteiger partial charge in [0.05, 0.1) is 6.54 Å². The van der Waals surface area contributed by atoms with Gasteiger partial charge in [0, 0.05) is 41.6 Å². The van der Waals surface area contributed by atoms with Gasteiger partial charge in [0.25, 0.3) is 0 Å². The zero-order valence-corrected chi connectivity index (χ0v) is 17.8. The summed E-state index contributed by atoms with van der Waals surface area (Å²) >= 11 is 5.32. The number of rotatable bonds is 5. The van der Waals surface area contributed by atoms with E-state index in [4.69, 9.17) is 4.74 Å². The van der Waals surface area contributed by atoms with Gasteiger partial charge in [-0.05, 0) is 54.5 Å². The Balaban J connectivity index is 1.66. The molecule has 2 aromatic rings. The van der Waals surface area contributed by atoms with Crippen molar-refractivity contribution < 1.29 is 4.74 Å². The second kappa shape index (κ2) is 9.02. The Kier molecular flexibility index (Phi) is 6.73. The van der Waals surface area contributed by atoms with Gasteiger partial charge in [-0.1, -0.05) is 28.1 Å². The number of halogens is 1. The summed E-state index contributed by atoms with van der Waals surface area (Å²) in [7, 11) is 1.83. The summed E-state index contributed by atoms with van der Waals surface area (Å²) in [6, 6.07) is 10.9. The van der Waals surface area contributed by atoms with E-state index in [1.165, 1.54) is 16.0 Å². The fourth-order valence-corrected chi connectivity index (χ4v) is 4.47. The lowest BCUT2D eigenvalue weighted by Gasteiger charge is -2.38. The maximum Gasteiger partial charge on any atom is 0.191 e. The van der Waals surface area contributed by atoms with Gasteiger partial charge in [-0.3, -0.25) is 4.99 Å². The summed E-state index contributed by atoms with van der Waals surface area (Å²) in [5, 5.41) is 9.12. The molecule has 1 aliphatic heterocycles.